The van der Waals surface area contributed by atoms with Crippen molar-refractivity contribution in [3.63, 3.8) is 0 Å². The summed E-state index contributed by atoms with van der Waals surface area (Å²) in [7, 11) is 0. The van der Waals surface area contributed by atoms with E-state index in [1.54, 1.807) is 40.0 Å². The first-order valence-corrected chi connectivity index (χ1v) is 9.15. The van der Waals surface area contributed by atoms with Crippen LogP contribution < -0.4 is 5.32 Å². The third-order valence-corrected chi connectivity index (χ3v) is 4.15. The van der Waals surface area contributed by atoms with Gasteiger partial charge in [-0.25, -0.2) is 19.0 Å². The Hall–Kier alpha value is -2.22. The number of halogens is 1. The number of likely N-dealkylation sites (tertiary alicyclic amines) is 1. The predicted molar refractivity (Wildman–Crippen MR) is 99.1 cm³/mol. The highest BCUT2D eigenvalue weighted by Gasteiger charge is 2.43. The summed E-state index contributed by atoms with van der Waals surface area (Å²) in [5.74, 6) is -0.373. The number of nitrogens with one attached hydrogen (secondary N) is 1. The molecule has 0 aromatic carbocycles. The summed E-state index contributed by atoms with van der Waals surface area (Å²) in [5.41, 5.74) is -1.56. The Morgan fingerprint density at radius 2 is 2.00 bits per heavy atom. The van der Waals surface area contributed by atoms with Gasteiger partial charge in [-0.2, -0.15) is 0 Å². The lowest BCUT2D eigenvalue weighted by Gasteiger charge is -2.34. The molecule has 0 unspecified atom stereocenters. The number of rotatable bonds is 5. The number of nitrogens with zero attached hydrogens (tertiary/aromatic N) is 2. The van der Waals surface area contributed by atoms with Gasteiger partial charge in [0.25, 0.3) is 0 Å². The van der Waals surface area contributed by atoms with Crippen molar-refractivity contribution in [1.82, 2.24) is 9.88 Å². The van der Waals surface area contributed by atoms with E-state index in [4.69, 9.17) is 9.47 Å². The van der Waals surface area contributed by atoms with Gasteiger partial charge in [0.1, 0.15) is 11.4 Å². The summed E-state index contributed by atoms with van der Waals surface area (Å²) in [6.07, 6.45) is 1.26. The van der Waals surface area contributed by atoms with Crippen LogP contribution in [-0.2, 0) is 20.8 Å². The molecule has 1 amide bonds. The number of hydrogen-bond donors (Lipinski definition) is 1. The Morgan fingerprint density at radius 3 is 2.59 bits per heavy atom. The number of piperidine rings is 1. The van der Waals surface area contributed by atoms with Crippen LogP contribution in [0, 0.1) is 0 Å². The van der Waals surface area contributed by atoms with E-state index in [0.717, 1.165) is 5.56 Å². The standard InChI is InChI=1S/C19H28FN3O4/c1-5-26-16(24)19(20)7-10-23(11-8-19)13-14-6-9-21-15(12-14)22-17(25)27-18(2,3)4/h6,9,12H,5,7-8,10-11,13H2,1-4H3,(H,21,22,25). The normalized spacial score (nSPS) is 17.2. The second kappa shape index (κ2) is 8.65. The number of ether oxygens (including phenoxy) is 2. The monoisotopic (exact) mass is 381 g/mol. The van der Waals surface area contributed by atoms with Gasteiger partial charge in [-0.3, -0.25) is 10.2 Å². The van der Waals surface area contributed by atoms with Crippen molar-refractivity contribution in [2.45, 2.75) is 58.4 Å². The van der Waals surface area contributed by atoms with Gasteiger partial charge in [0.15, 0.2) is 0 Å². The molecule has 1 aliphatic rings. The molecule has 1 aromatic rings. The molecule has 0 saturated carbocycles. The molecule has 1 aromatic heterocycles. The molecule has 0 spiro atoms. The minimum atomic E-state index is -1.89. The Bertz CT molecular complexity index is 667. The van der Waals surface area contributed by atoms with Crippen LogP contribution >= 0.6 is 0 Å². The van der Waals surface area contributed by atoms with Crippen LogP contribution in [0.5, 0.6) is 0 Å². The van der Waals surface area contributed by atoms with Crippen LogP contribution in [-0.4, -0.2) is 52.9 Å². The molecule has 0 bridgehead atoms. The Kier molecular flexibility index (Phi) is 6.75. The summed E-state index contributed by atoms with van der Waals surface area (Å²) < 4.78 is 24.7. The highest BCUT2D eigenvalue weighted by molar-refractivity contribution is 5.83. The molecule has 1 N–H and O–H groups in total. The fourth-order valence-corrected chi connectivity index (χ4v) is 2.84. The first-order valence-electron chi connectivity index (χ1n) is 9.15. The molecule has 1 fully saturated rings. The van der Waals surface area contributed by atoms with E-state index >= 15 is 0 Å². The molecule has 0 atom stereocenters. The van der Waals surface area contributed by atoms with E-state index in [9.17, 15) is 14.0 Å². The van der Waals surface area contributed by atoms with Crippen LogP contribution in [0.2, 0.25) is 0 Å². The molecular weight excluding hydrogens is 353 g/mol. The zero-order valence-electron chi connectivity index (χ0n) is 16.4. The average molecular weight is 381 g/mol. The van der Waals surface area contributed by atoms with Crippen molar-refractivity contribution in [3.8, 4) is 0 Å². The molecule has 150 valence electrons. The molecule has 0 aliphatic carbocycles. The Balaban J connectivity index is 1.90. The lowest BCUT2D eigenvalue weighted by molar-refractivity contribution is -0.160. The Labute approximate surface area is 159 Å². The van der Waals surface area contributed by atoms with Crippen LogP contribution in [0.25, 0.3) is 0 Å². The highest BCUT2D eigenvalue weighted by atomic mass is 19.1. The van der Waals surface area contributed by atoms with E-state index in [2.05, 4.69) is 15.2 Å². The smallest absolute Gasteiger partial charge is 0.413 e. The number of hydrogen-bond acceptors (Lipinski definition) is 6. The summed E-state index contributed by atoms with van der Waals surface area (Å²) >= 11 is 0. The van der Waals surface area contributed by atoms with Crippen molar-refractivity contribution >= 4 is 17.9 Å². The van der Waals surface area contributed by atoms with Crippen LogP contribution in [0.3, 0.4) is 0 Å². The molecule has 0 radical (unpaired) electrons. The minimum Gasteiger partial charge on any atom is -0.464 e. The second-order valence-corrected chi connectivity index (χ2v) is 7.64. The number of carbonyl (C=O) groups is 2. The van der Waals surface area contributed by atoms with Crippen molar-refractivity contribution in [3.05, 3.63) is 23.9 Å². The largest absolute Gasteiger partial charge is 0.464 e. The summed E-state index contributed by atoms with van der Waals surface area (Å²) in [6, 6.07) is 3.59. The van der Waals surface area contributed by atoms with Gasteiger partial charge in [0.05, 0.1) is 6.61 Å². The maximum atomic E-state index is 14.6. The topological polar surface area (TPSA) is 80.8 Å². The molecule has 1 aliphatic heterocycles. The SMILES string of the molecule is CCOC(=O)C1(F)CCN(Cc2ccnc(NC(=O)OC(C)(C)C)c2)CC1. The van der Waals surface area contributed by atoms with Crippen molar-refractivity contribution < 1.29 is 23.5 Å². The lowest BCUT2D eigenvalue weighted by atomic mass is 9.93. The number of carbonyl (C=O) groups excluding carboxylic acids is 2. The number of esters is 1. The van der Waals surface area contributed by atoms with E-state index in [-0.39, 0.29) is 19.4 Å². The second-order valence-electron chi connectivity index (χ2n) is 7.64. The minimum absolute atomic E-state index is 0.111. The molecule has 2 rings (SSSR count). The average Bonchev–Trinajstić information content (AvgIpc) is 2.56. The lowest BCUT2D eigenvalue weighted by Crippen LogP contribution is -2.46. The van der Waals surface area contributed by atoms with E-state index in [1.165, 1.54) is 0 Å². The van der Waals surface area contributed by atoms with Crippen molar-refractivity contribution in [1.29, 1.82) is 0 Å². The summed E-state index contributed by atoms with van der Waals surface area (Å²) in [5, 5.41) is 2.61. The zero-order chi connectivity index (χ0) is 20.1. The van der Waals surface area contributed by atoms with E-state index < -0.39 is 23.3 Å². The molecule has 8 heteroatoms. The third kappa shape index (κ3) is 6.46. The van der Waals surface area contributed by atoms with E-state index in [0.29, 0.717) is 25.5 Å². The number of anilines is 1. The number of aromatic nitrogens is 1. The number of amides is 1. The maximum Gasteiger partial charge on any atom is 0.413 e. The summed E-state index contributed by atoms with van der Waals surface area (Å²) in [6.45, 7) is 8.68. The van der Waals surface area contributed by atoms with E-state index in [1.807, 2.05) is 6.07 Å². The third-order valence-electron chi connectivity index (χ3n) is 4.15. The Morgan fingerprint density at radius 1 is 1.33 bits per heavy atom. The predicted octanol–water partition coefficient (Wildman–Crippen LogP) is 3.30. The molecule has 2 heterocycles. The van der Waals surface area contributed by atoms with Crippen LogP contribution in [0.1, 0.15) is 46.1 Å². The molecular formula is C19H28FN3O4. The quantitative estimate of drug-likeness (QED) is 0.789. The first kappa shape index (κ1) is 21.1. The fourth-order valence-electron chi connectivity index (χ4n) is 2.84. The van der Waals surface area contributed by atoms with Gasteiger partial charge < -0.3 is 9.47 Å². The fraction of sp³-hybridized carbons (Fsp3) is 0.632. The van der Waals surface area contributed by atoms with Gasteiger partial charge in [-0.15, -0.1) is 0 Å². The first-order chi connectivity index (χ1) is 12.6. The van der Waals surface area contributed by atoms with Gasteiger partial charge in [-0.1, -0.05) is 0 Å². The van der Waals surface area contributed by atoms with Crippen LogP contribution in [0.4, 0.5) is 15.0 Å². The maximum absolute atomic E-state index is 14.6. The van der Waals surface area contributed by atoms with Gasteiger partial charge in [-0.05, 0) is 45.4 Å². The highest BCUT2D eigenvalue weighted by Crippen LogP contribution is 2.29. The van der Waals surface area contributed by atoms with Crippen molar-refractivity contribution in [2.75, 3.05) is 25.0 Å². The molecule has 1 saturated heterocycles. The van der Waals surface area contributed by atoms with Gasteiger partial charge >= 0.3 is 12.1 Å². The molecule has 7 nitrogen and oxygen atoms in total. The van der Waals surface area contributed by atoms with Gasteiger partial charge in [0, 0.05) is 38.7 Å². The zero-order valence-corrected chi connectivity index (χ0v) is 16.4. The van der Waals surface area contributed by atoms with Gasteiger partial charge in [0.2, 0.25) is 5.67 Å². The number of pyridine rings is 1. The number of alkyl halides is 1. The molecule has 27 heavy (non-hydrogen) atoms. The van der Waals surface area contributed by atoms with Crippen LogP contribution in [0.15, 0.2) is 18.3 Å². The summed E-state index contributed by atoms with van der Waals surface area (Å²) in [4.78, 5) is 29.8. The van der Waals surface area contributed by atoms with Crippen molar-refractivity contribution in [2.24, 2.45) is 0 Å².